The molecule has 0 aliphatic carbocycles. The van der Waals surface area contributed by atoms with Gasteiger partial charge in [0, 0.05) is 16.9 Å². The predicted molar refractivity (Wildman–Crippen MR) is 81.7 cm³/mol. The summed E-state index contributed by atoms with van der Waals surface area (Å²) in [6, 6.07) is 4.17. The van der Waals surface area contributed by atoms with Crippen molar-refractivity contribution >= 4 is 17.2 Å². The fraction of sp³-hybridized carbons (Fsp3) is 0.667. The molecule has 0 bridgehead atoms. The van der Waals surface area contributed by atoms with Gasteiger partial charge < -0.3 is 9.64 Å². The Morgan fingerprint density at radius 1 is 1.40 bits per heavy atom. The van der Waals surface area contributed by atoms with Crippen LogP contribution in [0.3, 0.4) is 0 Å². The molecule has 0 saturated carbocycles. The first-order valence-corrected chi connectivity index (χ1v) is 7.90. The lowest BCUT2D eigenvalue weighted by Gasteiger charge is -2.29. The molecule has 5 heteroatoms. The van der Waals surface area contributed by atoms with Gasteiger partial charge in [-0.2, -0.15) is 0 Å². The summed E-state index contributed by atoms with van der Waals surface area (Å²) in [4.78, 5) is 17.1. The third-order valence-corrected chi connectivity index (χ3v) is 4.77. The zero-order valence-electron chi connectivity index (χ0n) is 12.8. The number of thiophene rings is 1. The van der Waals surface area contributed by atoms with E-state index >= 15 is 0 Å². The Morgan fingerprint density at radius 3 is 2.60 bits per heavy atom. The number of rotatable bonds is 5. The number of carbonyl (C=O) groups excluding carboxylic acids is 1. The predicted octanol–water partition coefficient (Wildman–Crippen LogP) is 2.55. The Balaban J connectivity index is 2.29. The van der Waals surface area contributed by atoms with Gasteiger partial charge in [-0.25, -0.2) is 0 Å². The van der Waals surface area contributed by atoms with Crippen LogP contribution in [-0.2, 0) is 9.53 Å². The largest absolute Gasteiger partial charge is 0.383 e. The smallest absolute Gasteiger partial charge is 0.241 e. The fourth-order valence-corrected chi connectivity index (χ4v) is 3.64. The number of ether oxygens (including phenoxy) is 1. The molecule has 1 amide bonds. The van der Waals surface area contributed by atoms with Gasteiger partial charge in [0.25, 0.3) is 0 Å². The van der Waals surface area contributed by atoms with Crippen molar-refractivity contribution in [2.45, 2.75) is 45.9 Å². The molecule has 2 heterocycles. The summed E-state index contributed by atoms with van der Waals surface area (Å²) in [5.74, 6) is 0.464. The Labute approximate surface area is 125 Å². The highest BCUT2D eigenvalue weighted by Gasteiger charge is 2.43. The SMILES string of the molecule is COCC(C)N1C(=O)C(C(C)C)NC1c1ccc(C)s1. The van der Waals surface area contributed by atoms with E-state index < -0.39 is 0 Å². The van der Waals surface area contributed by atoms with Gasteiger partial charge in [0.2, 0.25) is 5.91 Å². The molecule has 1 aromatic heterocycles. The van der Waals surface area contributed by atoms with Gasteiger partial charge in [-0.1, -0.05) is 13.8 Å². The molecular formula is C15H24N2O2S. The molecule has 2 rings (SSSR count). The summed E-state index contributed by atoms with van der Waals surface area (Å²) >= 11 is 1.74. The zero-order chi connectivity index (χ0) is 14.9. The molecule has 20 heavy (non-hydrogen) atoms. The first-order chi connectivity index (χ1) is 9.45. The van der Waals surface area contributed by atoms with Crippen molar-refractivity contribution in [2.75, 3.05) is 13.7 Å². The molecule has 1 saturated heterocycles. The van der Waals surface area contributed by atoms with Crippen LogP contribution in [0.4, 0.5) is 0 Å². The summed E-state index contributed by atoms with van der Waals surface area (Å²) in [6.45, 7) is 8.85. The maximum Gasteiger partial charge on any atom is 0.241 e. The van der Waals surface area contributed by atoms with Crippen molar-refractivity contribution in [3.63, 3.8) is 0 Å². The van der Waals surface area contributed by atoms with Crippen LogP contribution in [0.25, 0.3) is 0 Å². The Bertz CT molecular complexity index is 472. The van der Waals surface area contributed by atoms with Crippen LogP contribution in [0.15, 0.2) is 12.1 Å². The Hall–Kier alpha value is -0.910. The molecule has 3 atom stereocenters. The molecule has 1 aliphatic rings. The minimum absolute atomic E-state index is 0.0289. The Kier molecular flexibility index (Phi) is 4.83. The van der Waals surface area contributed by atoms with Crippen LogP contribution < -0.4 is 5.32 Å². The molecule has 1 N–H and O–H groups in total. The standard InChI is InChI=1S/C15H24N2O2S/c1-9(2)13-15(18)17(10(3)8-19-5)14(16-13)12-7-6-11(4)20-12/h6-7,9-10,13-14,16H,8H2,1-5H3. The number of nitrogens with one attached hydrogen (secondary N) is 1. The minimum atomic E-state index is -0.110. The molecule has 1 aromatic rings. The van der Waals surface area contributed by atoms with E-state index in [0.29, 0.717) is 6.61 Å². The second-order valence-electron chi connectivity index (χ2n) is 5.79. The van der Waals surface area contributed by atoms with Gasteiger partial charge >= 0.3 is 0 Å². The van der Waals surface area contributed by atoms with E-state index in [1.54, 1.807) is 18.4 Å². The molecular weight excluding hydrogens is 272 g/mol. The highest BCUT2D eigenvalue weighted by Crippen LogP contribution is 2.33. The first-order valence-electron chi connectivity index (χ1n) is 7.09. The molecule has 0 aromatic carbocycles. The number of methoxy groups -OCH3 is 1. The van der Waals surface area contributed by atoms with Gasteiger partial charge in [0.1, 0.15) is 6.17 Å². The summed E-state index contributed by atoms with van der Waals surface area (Å²) in [5, 5.41) is 3.49. The zero-order valence-corrected chi connectivity index (χ0v) is 13.7. The number of hydrogen-bond acceptors (Lipinski definition) is 4. The molecule has 1 aliphatic heterocycles. The van der Waals surface area contributed by atoms with E-state index in [9.17, 15) is 4.79 Å². The number of carbonyl (C=O) groups is 1. The van der Waals surface area contributed by atoms with E-state index in [1.165, 1.54) is 9.75 Å². The van der Waals surface area contributed by atoms with Crippen molar-refractivity contribution in [1.82, 2.24) is 10.2 Å². The quantitative estimate of drug-likeness (QED) is 0.908. The molecule has 0 spiro atoms. The second-order valence-corrected chi connectivity index (χ2v) is 7.11. The average Bonchev–Trinajstić information content (AvgIpc) is 2.93. The van der Waals surface area contributed by atoms with Gasteiger partial charge in [0.05, 0.1) is 18.7 Å². The highest BCUT2D eigenvalue weighted by atomic mass is 32.1. The van der Waals surface area contributed by atoms with Crippen LogP contribution in [0.1, 0.15) is 36.7 Å². The minimum Gasteiger partial charge on any atom is -0.383 e. The number of nitrogens with zero attached hydrogens (tertiary/aromatic N) is 1. The van der Waals surface area contributed by atoms with E-state index in [4.69, 9.17) is 4.74 Å². The summed E-state index contributed by atoms with van der Waals surface area (Å²) in [5.41, 5.74) is 0. The van der Waals surface area contributed by atoms with Crippen molar-refractivity contribution < 1.29 is 9.53 Å². The second kappa shape index (κ2) is 6.24. The third kappa shape index (κ3) is 2.90. The lowest BCUT2D eigenvalue weighted by molar-refractivity contribution is -0.133. The number of hydrogen-bond donors (Lipinski definition) is 1. The lowest BCUT2D eigenvalue weighted by atomic mass is 10.0. The van der Waals surface area contributed by atoms with Crippen molar-refractivity contribution in [3.05, 3.63) is 21.9 Å². The van der Waals surface area contributed by atoms with Crippen molar-refractivity contribution in [3.8, 4) is 0 Å². The number of amides is 1. The monoisotopic (exact) mass is 296 g/mol. The number of aryl methyl sites for hydroxylation is 1. The van der Waals surface area contributed by atoms with E-state index in [-0.39, 0.29) is 30.1 Å². The van der Waals surface area contributed by atoms with E-state index in [2.05, 4.69) is 38.2 Å². The van der Waals surface area contributed by atoms with Crippen molar-refractivity contribution in [1.29, 1.82) is 0 Å². The fourth-order valence-electron chi connectivity index (χ4n) is 2.70. The van der Waals surface area contributed by atoms with Crippen LogP contribution in [0.5, 0.6) is 0 Å². The van der Waals surface area contributed by atoms with Crippen LogP contribution in [0, 0.1) is 12.8 Å². The molecule has 0 radical (unpaired) electrons. The van der Waals surface area contributed by atoms with Gasteiger partial charge in [-0.3, -0.25) is 10.1 Å². The summed E-state index contributed by atoms with van der Waals surface area (Å²) in [6.07, 6.45) is -0.0289. The Morgan fingerprint density at radius 2 is 2.10 bits per heavy atom. The van der Waals surface area contributed by atoms with Gasteiger partial charge in [-0.15, -0.1) is 11.3 Å². The summed E-state index contributed by atoms with van der Waals surface area (Å²) in [7, 11) is 1.68. The lowest BCUT2D eigenvalue weighted by Crippen LogP contribution is -2.41. The highest BCUT2D eigenvalue weighted by molar-refractivity contribution is 7.12. The molecule has 4 nitrogen and oxygen atoms in total. The van der Waals surface area contributed by atoms with E-state index in [0.717, 1.165) is 0 Å². The topological polar surface area (TPSA) is 41.6 Å². The first kappa shape index (κ1) is 15.5. The maximum atomic E-state index is 12.7. The van der Waals surface area contributed by atoms with Gasteiger partial charge in [0.15, 0.2) is 0 Å². The molecule has 3 unspecified atom stereocenters. The average molecular weight is 296 g/mol. The van der Waals surface area contributed by atoms with Crippen molar-refractivity contribution in [2.24, 2.45) is 5.92 Å². The van der Waals surface area contributed by atoms with Crippen LogP contribution in [0.2, 0.25) is 0 Å². The molecule has 112 valence electrons. The van der Waals surface area contributed by atoms with E-state index in [1.807, 2.05) is 11.8 Å². The normalized spacial score (nSPS) is 24.7. The van der Waals surface area contributed by atoms with Gasteiger partial charge in [-0.05, 0) is 31.9 Å². The van der Waals surface area contributed by atoms with Crippen LogP contribution >= 0.6 is 11.3 Å². The summed E-state index contributed by atoms with van der Waals surface area (Å²) < 4.78 is 5.23. The maximum absolute atomic E-state index is 12.7. The molecule has 1 fully saturated rings. The third-order valence-electron chi connectivity index (χ3n) is 3.72. The van der Waals surface area contributed by atoms with Crippen LogP contribution in [-0.4, -0.2) is 36.6 Å².